The van der Waals surface area contributed by atoms with Gasteiger partial charge in [0.15, 0.2) is 11.5 Å². The van der Waals surface area contributed by atoms with E-state index < -0.39 is 79.1 Å². The molecule has 4 heteroatoms. The molecule has 2 unspecified atom stereocenters. The predicted molar refractivity (Wildman–Crippen MR) is 82.5 cm³/mol. The van der Waals surface area contributed by atoms with Crippen molar-refractivity contribution in [1.29, 1.82) is 1.43 Å². The normalized spacial score (nSPS) is 59.7. The number of piperidine rings is 1. The molecule has 1 aromatic carbocycles. The van der Waals surface area contributed by atoms with Gasteiger partial charge in [-0.05, 0) is 37.9 Å². The SMILES string of the molecule is [2H]OC1C=C[C@@H]2[C@@]34CCN(C([2H])([2H])[2H])[C@]2([2H])C([2H])([2H])c2c([2H])c([2H])c(OC([2H])([2H])[2H])c(c23)OC14[2H]. The van der Waals surface area contributed by atoms with Crippen molar-refractivity contribution in [3.63, 3.8) is 0 Å². The summed E-state index contributed by atoms with van der Waals surface area (Å²) in [5.74, 6) is -2.44. The van der Waals surface area contributed by atoms with Crippen LogP contribution >= 0.6 is 0 Å². The lowest BCUT2D eigenvalue weighted by atomic mass is 9.53. The Balaban J connectivity index is 1.95. The molecular weight excluding hydrogens is 278 g/mol. The first-order valence-corrected chi connectivity index (χ1v) is 7.04. The lowest BCUT2D eigenvalue weighted by molar-refractivity contribution is -0.0453. The third-order valence-corrected chi connectivity index (χ3v) is 5.02. The fourth-order valence-corrected chi connectivity index (χ4v) is 4.14. The Morgan fingerprint density at radius 2 is 2.64 bits per heavy atom. The van der Waals surface area contributed by atoms with Crippen molar-refractivity contribution < 1.29 is 31.0 Å². The summed E-state index contributed by atoms with van der Waals surface area (Å²) in [5, 5.41) is 4.74. The summed E-state index contributed by atoms with van der Waals surface area (Å²) in [6.45, 7) is -3.27. The van der Waals surface area contributed by atoms with Crippen LogP contribution in [0.2, 0.25) is 0 Å². The number of aliphatic hydroxyl groups excluding tert-OH is 1. The third kappa shape index (κ3) is 1.28. The Labute approximate surface area is 148 Å². The summed E-state index contributed by atoms with van der Waals surface area (Å²) in [6, 6.07) is -4.20. The first-order valence-electron chi connectivity index (χ1n) is 13.4. The van der Waals surface area contributed by atoms with Gasteiger partial charge >= 0.3 is 0 Å². The minimum atomic E-state index is -3.07. The van der Waals surface area contributed by atoms with E-state index in [1.165, 1.54) is 12.2 Å². The summed E-state index contributed by atoms with van der Waals surface area (Å²) in [7, 11) is -3.07. The minimum absolute atomic E-state index is 0.109. The zero-order valence-corrected chi connectivity index (χ0v) is 11.4. The minimum Gasteiger partial charge on any atom is -0.493 e. The molecule has 0 radical (unpaired) electrons. The molecule has 116 valence electrons. The molecule has 1 N–H and O–H groups in total. The lowest BCUT2D eigenvalue weighted by Crippen LogP contribution is -2.64. The molecule has 0 aromatic heterocycles. The number of rotatable bonds is 2. The smallest absolute Gasteiger partial charge is 0.211 e. The van der Waals surface area contributed by atoms with Crippen molar-refractivity contribution in [1.82, 2.24) is 4.90 Å². The van der Waals surface area contributed by atoms with Crippen LogP contribution in [-0.4, -0.2) is 50.2 Å². The van der Waals surface area contributed by atoms with Gasteiger partial charge in [0.05, 0.1) is 15.3 Å². The van der Waals surface area contributed by atoms with Crippen LogP contribution in [0.15, 0.2) is 24.2 Å². The van der Waals surface area contributed by atoms with Crippen LogP contribution in [0, 0.1) is 5.92 Å². The van der Waals surface area contributed by atoms with Crippen LogP contribution in [0.5, 0.6) is 11.5 Å². The van der Waals surface area contributed by atoms with Gasteiger partial charge in [-0.2, -0.15) is 0 Å². The van der Waals surface area contributed by atoms with E-state index in [1.54, 1.807) is 0 Å². The number of aliphatic hydroxyl groups is 1. The molecule has 0 saturated carbocycles. The molecule has 22 heavy (non-hydrogen) atoms. The number of benzene rings is 1. The summed E-state index contributed by atoms with van der Waals surface area (Å²) in [6.07, 6.45) is -4.12. The van der Waals surface area contributed by atoms with Gasteiger partial charge in [-0.25, -0.2) is 0 Å². The number of nitrogens with zero attached hydrogens (tertiary/aromatic N) is 1. The van der Waals surface area contributed by atoms with Gasteiger partial charge in [0.25, 0.3) is 0 Å². The Bertz CT molecular complexity index is 1150. The molecule has 1 saturated heterocycles. The van der Waals surface area contributed by atoms with Gasteiger partial charge in [0.2, 0.25) is 1.43 Å². The maximum absolute atomic E-state index is 9.35. The van der Waals surface area contributed by atoms with Gasteiger partial charge < -0.3 is 19.5 Å². The van der Waals surface area contributed by atoms with Gasteiger partial charge in [-0.3, -0.25) is 0 Å². The highest BCUT2D eigenvalue weighted by molar-refractivity contribution is 5.62. The zero-order chi connectivity index (χ0) is 26.1. The monoisotopic (exact) mass is 312 g/mol. The summed E-state index contributed by atoms with van der Waals surface area (Å²) in [4.78, 5) is 0.722. The molecule has 1 fully saturated rings. The predicted octanol–water partition coefficient (Wildman–Crippen LogP) is 1.50. The second kappa shape index (κ2) is 4.06. The van der Waals surface area contributed by atoms with Crippen LogP contribution in [0.4, 0.5) is 0 Å². The van der Waals surface area contributed by atoms with Crippen molar-refractivity contribution in [2.75, 3.05) is 20.6 Å². The van der Waals surface area contributed by atoms with Crippen molar-refractivity contribution >= 4 is 0 Å². The summed E-state index contributed by atoms with van der Waals surface area (Å²) >= 11 is 0. The number of likely N-dealkylation sites (N-methyl/N-ethyl adjacent to an activating group) is 1. The van der Waals surface area contributed by atoms with Crippen LogP contribution in [0.3, 0.4) is 0 Å². The number of methoxy groups -OCH3 is 1. The number of hydrogen-bond acceptors (Lipinski definition) is 4. The topological polar surface area (TPSA) is 41.9 Å². The van der Waals surface area contributed by atoms with Crippen LogP contribution < -0.4 is 9.47 Å². The maximum atomic E-state index is 9.35. The van der Waals surface area contributed by atoms with E-state index in [0.29, 0.717) is 0 Å². The van der Waals surface area contributed by atoms with Crippen molar-refractivity contribution in [3.05, 3.63) is 35.4 Å². The molecule has 2 heterocycles. The first-order chi connectivity index (χ1) is 15.9. The summed E-state index contributed by atoms with van der Waals surface area (Å²) < 4.78 is 119. The van der Waals surface area contributed by atoms with E-state index in [-0.39, 0.29) is 18.5 Å². The molecule has 2 bridgehead atoms. The molecular formula is C18H21NO3. The highest BCUT2D eigenvalue weighted by atomic mass is 16.5. The Morgan fingerprint density at radius 3 is 3.50 bits per heavy atom. The molecule has 4 aliphatic rings. The Kier molecular flexibility index (Phi) is 1.02. The number of likely N-dealkylation sites (tertiary alicyclic amines) is 1. The largest absolute Gasteiger partial charge is 0.493 e. The van der Waals surface area contributed by atoms with Crippen molar-refractivity contribution in [3.8, 4) is 11.5 Å². The molecule has 1 spiro atoms. The van der Waals surface area contributed by atoms with E-state index in [2.05, 4.69) is 0 Å². The fraction of sp³-hybridized carbons (Fsp3) is 0.556. The maximum Gasteiger partial charge on any atom is 0.211 e. The van der Waals surface area contributed by atoms with Gasteiger partial charge in [0.1, 0.15) is 12.2 Å². The van der Waals surface area contributed by atoms with Crippen LogP contribution in [-0.2, 0) is 11.8 Å². The first kappa shape index (κ1) is 5.53. The second-order valence-electron chi connectivity index (χ2n) is 5.89. The standard InChI is InChI=1S/C18H21NO3/c1-19-8-7-18-11-4-5-13(20)17(18)22-16-14(21-2)6-3-10(15(16)18)9-12(11)19/h3-6,11-13,17,20H,7-9H2,1-2H3/t11-,12+,13?,17?,18-/m0/s1/i1D3,2D3,3D,6D,9D2,12D,17D,20D. The Morgan fingerprint density at radius 1 is 1.64 bits per heavy atom. The molecule has 5 rings (SSSR count). The lowest BCUT2D eigenvalue weighted by Gasteiger charge is -2.56. The molecule has 2 aliphatic heterocycles. The van der Waals surface area contributed by atoms with Crippen LogP contribution in [0.25, 0.3) is 0 Å². The molecule has 5 atom stereocenters. The average molecular weight is 312 g/mol. The summed E-state index contributed by atoms with van der Waals surface area (Å²) in [5.41, 5.74) is -2.32. The van der Waals surface area contributed by atoms with Crippen molar-refractivity contribution in [2.45, 2.75) is 36.4 Å². The fourth-order valence-electron chi connectivity index (χ4n) is 4.14. The molecule has 1 aromatic rings. The highest BCUT2D eigenvalue weighted by Crippen LogP contribution is 2.62. The number of hydrogen-bond donors (Lipinski definition) is 1. The van der Waals surface area contributed by atoms with E-state index in [9.17, 15) is 2.74 Å². The van der Waals surface area contributed by atoms with E-state index >= 15 is 0 Å². The van der Waals surface area contributed by atoms with Crippen LogP contribution in [0.1, 0.15) is 34.0 Å². The molecule has 0 amide bonds. The third-order valence-electron chi connectivity index (χ3n) is 5.02. The van der Waals surface area contributed by atoms with E-state index in [4.69, 9.17) is 29.7 Å². The highest BCUT2D eigenvalue weighted by Gasteiger charge is 2.64. The van der Waals surface area contributed by atoms with E-state index in [0.717, 1.165) is 4.90 Å². The average Bonchev–Trinajstić information content (AvgIpc) is 2.97. The van der Waals surface area contributed by atoms with E-state index in [1.807, 2.05) is 0 Å². The number of ether oxygens (including phenoxy) is 2. The molecule has 4 nitrogen and oxygen atoms in total. The zero-order valence-electron chi connectivity index (χ0n) is 24.4. The molecule has 2 aliphatic carbocycles. The van der Waals surface area contributed by atoms with Gasteiger partial charge in [0, 0.05) is 31.1 Å². The van der Waals surface area contributed by atoms with Crippen molar-refractivity contribution in [2.24, 2.45) is 5.92 Å². The van der Waals surface area contributed by atoms with Gasteiger partial charge in [-0.1, -0.05) is 18.2 Å². The quantitative estimate of drug-likeness (QED) is 0.841. The second-order valence-corrected chi connectivity index (χ2v) is 5.89. The van der Waals surface area contributed by atoms with Gasteiger partial charge in [-0.15, -0.1) is 0 Å². The Hall–Kier alpha value is -1.52.